The van der Waals surface area contributed by atoms with Crippen LogP contribution >= 0.6 is 0 Å². The van der Waals surface area contributed by atoms with Crippen molar-refractivity contribution in [1.82, 2.24) is 15.1 Å². The zero-order valence-corrected chi connectivity index (χ0v) is 18.5. The Morgan fingerprint density at radius 3 is 2.76 bits per heavy atom. The van der Waals surface area contributed by atoms with Gasteiger partial charge in [0.25, 0.3) is 0 Å². The van der Waals surface area contributed by atoms with Crippen LogP contribution in [0.5, 0.6) is 5.75 Å². The molecule has 1 heterocycles. The maximum Gasteiger partial charge on any atom is 0.227 e. The first kappa shape index (κ1) is 21.1. The van der Waals surface area contributed by atoms with Gasteiger partial charge in [-0.15, -0.1) is 0 Å². The molecule has 0 bridgehead atoms. The number of aryl methyl sites for hydroxylation is 2. The summed E-state index contributed by atoms with van der Waals surface area (Å²) in [7, 11) is 1.70. The summed E-state index contributed by atoms with van der Waals surface area (Å²) < 4.78 is 21.9. The van der Waals surface area contributed by atoms with E-state index in [1.807, 2.05) is 30.4 Å². The number of carbonyl (C=O) groups is 2. The monoisotopic (exact) mass is 445 g/mol. The highest BCUT2D eigenvalue weighted by Gasteiger charge is 2.31. The number of ketones is 1. The van der Waals surface area contributed by atoms with Crippen LogP contribution in [0.25, 0.3) is 0 Å². The number of rotatable bonds is 7. The van der Waals surface area contributed by atoms with Crippen molar-refractivity contribution in [3.05, 3.63) is 94.4 Å². The molecule has 3 aliphatic rings. The summed E-state index contributed by atoms with van der Waals surface area (Å²) in [5, 5.41) is 7.15. The van der Waals surface area contributed by atoms with Crippen molar-refractivity contribution in [3.63, 3.8) is 0 Å². The quantitative estimate of drug-likeness (QED) is 0.652. The standard InChI is InChI=1S/C26H24FN3O3/c1-15-9-24(30(2)29-15)25(31)14-19-13-22(7-8-23(19)27)33-21-6-5-17-10-20(11-18(17)12-21)28-26(32)16-3-4-16/h5-13,16,18H,3-4,14H2,1-2H3,(H,28,32). The van der Waals surface area contributed by atoms with E-state index in [1.54, 1.807) is 32.2 Å². The average Bonchev–Trinajstić information content (AvgIpc) is 3.46. The predicted octanol–water partition coefficient (Wildman–Crippen LogP) is 4.09. The van der Waals surface area contributed by atoms with Gasteiger partial charge in [0, 0.05) is 31.0 Å². The average molecular weight is 445 g/mol. The largest absolute Gasteiger partial charge is 0.458 e. The summed E-state index contributed by atoms with van der Waals surface area (Å²) in [6.07, 6.45) is 11.5. The van der Waals surface area contributed by atoms with Gasteiger partial charge in [0.15, 0.2) is 5.78 Å². The molecule has 168 valence electrons. The number of benzene rings is 1. The van der Waals surface area contributed by atoms with Gasteiger partial charge in [-0.2, -0.15) is 5.10 Å². The Morgan fingerprint density at radius 2 is 2.03 bits per heavy atom. The highest BCUT2D eigenvalue weighted by atomic mass is 19.1. The molecule has 2 aromatic rings. The van der Waals surface area contributed by atoms with E-state index < -0.39 is 5.82 Å². The van der Waals surface area contributed by atoms with Crippen molar-refractivity contribution in [2.24, 2.45) is 18.9 Å². The summed E-state index contributed by atoms with van der Waals surface area (Å²) in [6, 6.07) is 6.11. The van der Waals surface area contributed by atoms with Gasteiger partial charge in [0.2, 0.25) is 5.91 Å². The van der Waals surface area contributed by atoms with Gasteiger partial charge < -0.3 is 10.1 Å². The number of carbonyl (C=O) groups excluding carboxylic acids is 2. The molecule has 0 spiro atoms. The fraction of sp³-hybridized carbons (Fsp3) is 0.269. The fourth-order valence-corrected chi connectivity index (χ4v) is 4.08. The van der Waals surface area contributed by atoms with Crippen LogP contribution in [0.15, 0.2) is 71.7 Å². The summed E-state index contributed by atoms with van der Waals surface area (Å²) in [6.45, 7) is 1.81. The lowest BCUT2D eigenvalue weighted by atomic mass is 9.97. The molecule has 1 aromatic carbocycles. The Kier molecular flexibility index (Phi) is 5.32. The van der Waals surface area contributed by atoms with E-state index in [9.17, 15) is 14.0 Å². The van der Waals surface area contributed by atoms with Crippen molar-refractivity contribution in [2.75, 3.05) is 0 Å². The molecule has 0 aliphatic heterocycles. The van der Waals surface area contributed by atoms with Crippen molar-refractivity contribution in [2.45, 2.75) is 26.2 Å². The van der Waals surface area contributed by atoms with Gasteiger partial charge in [-0.3, -0.25) is 14.3 Å². The first-order valence-electron chi connectivity index (χ1n) is 11.0. The number of ether oxygens (including phenoxy) is 1. The zero-order chi connectivity index (χ0) is 23.1. The van der Waals surface area contributed by atoms with Crippen LogP contribution in [0.2, 0.25) is 0 Å². The molecular formula is C26H24FN3O3. The fourth-order valence-electron chi connectivity index (χ4n) is 4.08. The van der Waals surface area contributed by atoms with Gasteiger partial charge in [0.05, 0.1) is 5.69 Å². The minimum Gasteiger partial charge on any atom is -0.458 e. The van der Waals surface area contributed by atoms with Gasteiger partial charge in [-0.1, -0.05) is 6.08 Å². The summed E-state index contributed by atoms with van der Waals surface area (Å²) >= 11 is 0. The zero-order valence-electron chi connectivity index (χ0n) is 18.5. The molecule has 1 unspecified atom stereocenters. The Bertz CT molecular complexity index is 1280. The lowest BCUT2D eigenvalue weighted by Crippen LogP contribution is -2.22. The number of amides is 1. The van der Waals surface area contributed by atoms with E-state index >= 15 is 0 Å². The smallest absolute Gasteiger partial charge is 0.227 e. The third-order valence-electron chi connectivity index (χ3n) is 5.96. The first-order chi connectivity index (χ1) is 15.9. The van der Waals surface area contributed by atoms with Crippen LogP contribution in [-0.2, 0) is 18.3 Å². The van der Waals surface area contributed by atoms with E-state index in [2.05, 4.69) is 10.4 Å². The normalized spacial score (nSPS) is 18.9. The Labute approximate surface area is 191 Å². The van der Waals surface area contributed by atoms with Gasteiger partial charge in [-0.25, -0.2) is 4.39 Å². The lowest BCUT2D eigenvalue weighted by Gasteiger charge is -2.15. The van der Waals surface area contributed by atoms with Gasteiger partial charge in [0.1, 0.15) is 23.0 Å². The second-order valence-corrected chi connectivity index (χ2v) is 8.71. The Balaban J connectivity index is 1.28. The van der Waals surface area contributed by atoms with Crippen molar-refractivity contribution in [1.29, 1.82) is 0 Å². The second-order valence-electron chi connectivity index (χ2n) is 8.71. The molecule has 6 nitrogen and oxygen atoms in total. The van der Waals surface area contributed by atoms with Crippen LogP contribution in [0.3, 0.4) is 0 Å². The maximum absolute atomic E-state index is 14.4. The number of nitrogens with zero attached hydrogens (tertiary/aromatic N) is 2. The molecule has 1 saturated carbocycles. The number of aromatic nitrogens is 2. The highest BCUT2D eigenvalue weighted by molar-refractivity contribution is 5.96. The summed E-state index contributed by atoms with van der Waals surface area (Å²) in [5.41, 5.74) is 3.32. The van der Waals surface area contributed by atoms with Gasteiger partial charge >= 0.3 is 0 Å². The Morgan fingerprint density at radius 1 is 1.21 bits per heavy atom. The van der Waals surface area contributed by atoms with Crippen LogP contribution < -0.4 is 10.1 Å². The molecule has 1 amide bonds. The molecule has 0 saturated heterocycles. The molecule has 5 rings (SSSR count). The number of allylic oxidation sites excluding steroid dienone is 6. The summed E-state index contributed by atoms with van der Waals surface area (Å²) in [5.74, 6) is 0.644. The van der Waals surface area contributed by atoms with Gasteiger partial charge in [-0.05, 0) is 79.5 Å². The van der Waals surface area contributed by atoms with E-state index in [0.29, 0.717) is 17.2 Å². The summed E-state index contributed by atoms with van der Waals surface area (Å²) in [4.78, 5) is 24.7. The number of nitrogens with one attached hydrogen (secondary N) is 1. The van der Waals surface area contributed by atoms with E-state index in [0.717, 1.165) is 29.8 Å². The number of hydrogen-bond donors (Lipinski definition) is 1. The maximum atomic E-state index is 14.4. The minimum atomic E-state index is -0.456. The molecule has 33 heavy (non-hydrogen) atoms. The third kappa shape index (κ3) is 4.58. The number of hydrogen-bond acceptors (Lipinski definition) is 4. The molecule has 7 heteroatoms. The van der Waals surface area contributed by atoms with Crippen LogP contribution in [0, 0.1) is 24.6 Å². The van der Waals surface area contributed by atoms with Crippen LogP contribution in [0.4, 0.5) is 4.39 Å². The van der Waals surface area contributed by atoms with Crippen molar-refractivity contribution >= 4 is 11.7 Å². The molecule has 0 radical (unpaired) electrons. The third-order valence-corrected chi connectivity index (χ3v) is 5.96. The Hall–Kier alpha value is -3.74. The molecule has 1 N–H and O–H groups in total. The van der Waals surface area contributed by atoms with Crippen molar-refractivity contribution < 1.29 is 18.7 Å². The first-order valence-corrected chi connectivity index (χ1v) is 11.0. The SMILES string of the molecule is Cc1cc(C(=O)Cc2cc(OC3=CC4C=C(NC(=O)C5CC5)C=C4C=C3)ccc2F)n(C)n1. The van der Waals surface area contributed by atoms with E-state index in [4.69, 9.17) is 4.74 Å². The molecule has 1 atom stereocenters. The highest BCUT2D eigenvalue weighted by Crippen LogP contribution is 2.33. The topological polar surface area (TPSA) is 73.2 Å². The molecule has 3 aliphatic carbocycles. The molecule has 1 aromatic heterocycles. The number of halogens is 1. The number of Topliss-reactive ketones (excluding diaryl/α,β-unsaturated/α-hetero) is 1. The molecular weight excluding hydrogens is 421 g/mol. The van der Waals surface area contributed by atoms with Crippen LogP contribution in [0.1, 0.15) is 34.6 Å². The second kappa shape index (κ2) is 8.31. The number of fused-ring (bicyclic) bond motifs is 1. The van der Waals surface area contributed by atoms with E-state index in [-0.39, 0.29) is 35.5 Å². The lowest BCUT2D eigenvalue weighted by molar-refractivity contribution is -0.121. The van der Waals surface area contributed by atoms with Crippen molar-refractivity contribution in [3.8, 4) is 5.75 Å². The van der Waals surface area contributed by atoms with Crippen LogP contribution in [-0.4, -0.2) is 21.5 Å². The predicted molar refractivity (Wildman–Crippen MR) is 121 cm³/mol. The minimum absolute atomic E-state index is 0.00841. The van der Waals surface area contributed by atoms with E-state index in [1.165, 1.54) is 10.7 Å². The molecule has 1 fully saturated rings.